The van der Waals surface area contributed by atoms with Crippen molar-refractivity contribution in [3.05, 3.63) is 55.8 Å². The Balaban J connectivity index is -0.000000245. The second-order valence-corrected chi connectivity index (χ2v) is 2.05. The standard InChI is InChI=1S/C9H10O.C2H6.C2H4.CH3F/c1-3-10-9-7-5-4-6-8(9)2;3*1-2/h3-7H,1H2,2H3;1-2H3;1-2H2;1H3. The Bertz CT molecular complexity index is 246. The zero-order valence-corrected chi connectivity index (χ0v) is 10.8. The third kappa shape index (κ3) is 10.5. The van der Waals surface area contributed by atoms with Crippen LogP contribution in [0.5, 0.6) is 5.75 Å². The summed E-state index contributed by atoms with van der Waals surface area (Å²) >= 11 is 0. The predicted octanol–water partition coefficient (Wildman–Crippen LogP) is 4.93. The molecule has 0 amide bonds. The third-order valence-corrected chi connectivity index (χ3v) is 1.30. The van der Waals surface area contributed by atoms with Gasteiger partial charge in [-0.1, -0.05) is 38.6 Å². The van der Waals surface area contributed by atoms with Gasteiger partial charge in [0.2, 0.25) is 0 Å². The Morgan fingerprint density at radius 2 is 1.56 bits per heavy atom. The van der Waals surface area contributed by atoms with Crippen molar-refractivity contribution in [2.45, 2.75) is 20.8 Å². The predicted molar refractivity (Wildman–Crippen MR) is 71.6 cm³/mol. The SMILES string of the molecule is C=C.C=COc1ccccc1C.CC.CF. The van der Waals surface area contributed by atoms with Crippen molar-refractivity contribution in [1.29, 1.82) is 0 Å². The van der Waals surface area contributed by atoms with E-state index in [2.05, 4.69) is 19.7 Å². The maximum atomic E-state index is 9.50. The maximum absolute atomic E-state index is 9.50. The van der Waals surface area contributed by atoms with E-state index in [1.54, 1.807) is 0 Å². The number of halogens is 1. The number of para-hydroxylation sites is 1. The molecule has 16 heavy (non-hydrogen) atoms. The summed E-state index contributed by atoms with van der Waals surface area (Å²) in [6, 6.07) is 7.83. The molecule has 0 unspecified atom stereocenters. The summed E-state index contributed by atoms with van der Waals surface area (Å²) in [6.45, 7) is 15.5. The molecule has 0 saturated heterocycles. The van der Waals surface area contributed by atoms with Crippen molar-refractivity contribution in [1.82, 2.24) is 0 Å². The number of benzene rings is 1. The lowest BCUT2D eigenvalue weighted by molar-refractivity contribution is 0.479. The summed E-state index contributed by atoms with van der Waals surface area (Å²) < 4.78 is 14.6. The lowest BCUT2D eigenvalue weighted by Gasteiger charge is -2.01. The maximum Gasteiger partial charge on any atom is 0.129 e. The van der Waals surface area contributed by atoms with Gasteiger partial charge in [0.05, 0.1) is 13.4 Å². The first-order valence-electron chi connectivity index (χ1n) is 5.05. The summed E-state index contributed by atoms with van der Waals surface area (Å²) in [5.74, 6) is 0.873. The summed E-state index contributed by atoms with van der Waals surface area (Å²) in [5, 5.41) is 0. The summed E-state index contributed by atoms with van der Waals surface area (Å²) in [6.07, 6.45) is 1.43. The fourth-order valence-electron chi connectivity index (χ4n) is 0.778. The Labute approximate surface area is 99.3 Å². The molecule has 0 aliphatic carbocycles. The van der Waals surface area contributed by atoms with E-state index in [0.717, 1.165) is 11.3 Å². The van der Waals surface area contributed by atoms with E-state index in [9.17, 15) is 4.39 Å². The van der Waals surface area contributed by atoms with E-state index in [0.29, 0.717) is 7.18 Å². The number of hydrogen-bond donors (Lipinski definition) is 0. The van der Waals surface area contributed by atoms with E-state index < -0.39 is 0 Å². The Kier molecular flexibility index (Phi) is 23.7. The molecule has 1 rings (SSSR count). The normalized spacial score (nSPS) is 6.56. The molecule has 1 aromatic rings. The minimum Gasteiger partial charge on any atom is -0.465 e. The van der Waals surface area contributed by atoms with Gasteiger partial charge in [0, 0.05) is 0 Å². The Morgan fingerprint density at radius 1 is 1.12 bits per heavy atom. The first-order valence-corrected chi connectivity index (χ1v) is 5.05. The van der Waals surface area contributed by atoms with Gasteiger partial charge in [-0.25, -0.2) is 0 Å². The molecule has 0 spiro atoms. The van der Waals surface area contributed by atoms with Crippen LogP contribution in [0.4, 0.5) is 4.39 Å². The second-order valence-electron chi connectivity index (χ2n) is 2.05. The number of aryl methyl sites for hydroxylation is 1. The first kappa shape index (κ1) is 19.9. The number of alkyl halides is 1. The molecule has 1 aromatic carbocycles. The zero-order valence-electron chi connectivity index (χ0n) is 10.8. The summed E-state index contributed by atoms with van der Waals surface area (Å²) in [5.41, 5.74) is 1.13. The van der Waals surface area contributed by atoms with Crippen molar-refractivity contribution >= 4 is 0 Å². The molecular weight excluding hydrogens is 203 g/mol. The average Bonchev–Trinajstić information content (AvgIpc) is 2.40. The van der Waals surface area contributed by atoms with Crippen LogP contribution >= 0.6 is 0 Å². The van der Waals surface area contributed by atoms with E-state index in [1.807, 2.05) is 45.0 Å². The van der Waals surface area contributed by atoms with Gasteiger partial charge in [0.25, 0.3) is 0 Å². The molecule has 2 heteroatoms. The molecule has 0 N–H and O–H groups in total. The highest BCUT2D eigenvalue weighted by atomic mass is 19.1. The quantitative estimate of drug-likeness (QED) is 0.513. The van der Waals surface area contributed by atoms with Crippen LogP contribution in [0.3, 0.4) is 0 Å². The molecule has 0 aliphatic heterocycles. The van der Waals surface area contributed by atoms with Crippen molar-refractivity contribution in [2.24, 2.45) is 0 Å². The van der Waals surface area contributed by atoms with Crippen LogP contribution in [0.2, 0.25) is 0 Å². The molecule has 0 atom stereocenters. The van der Waals surface area contributed by atoms with Crippen LogP contribution in [0.15, 0.2) is 50.3 Å². The molecule has 0 aliphatic rings. The monoisotopic (exact) mass is 226 g/mol. The van der Waals surface area contributed by atoms with E-state index in [1.165, 1.54) is 6.26 Å². The van der Waals surface area contributed by atoms with E-state index in [-0.39, 0.29) is 0 Å². The largest absolute Gasteiger partial charge is 0.465 e. The van der Waals surface area contributed by atoms with Gasteiger partial charge in [-0.2, -0.15) is 0 Å². The molecule has 1 nitrogen and oxygen atoms in total. The fourth-order valence-corrected chi connectivity index (χ4v) is 0.778. The van der Waals surface area contributed by atoms with Crippen LogP contribution < -0.4 is 4.74 Å². The molecule has 0 saturated carbocycles. The molecule has 0 radical (unpaired) electrons. The smallest absolute Gasteiger partial charge is 0.129 e. The molecule has 0 bridgehead atoms. The van der Waals surface area contributed by atoms with Crippen LogP contribution in [0.25, 0.3) is 0 Å². The van der Waals surface area contributed by atoms with Gasteiger partial charge < -0.3 is 4.74 Å². The molecule has 92 valence electrons. The van der Waals surface area contributed by atoms with Crippen molar-refractivity contribution in [3.8, 4) is 5.75 Å². The lowest BCUT2D eigenvalue weighted by Crippen LogP contribution is -1.82. The van der Waals surface area contributed by atoms with Gasteiger partial charge in [0.15, 0.2) is 0 Å². The molecule has 0 aromatic heterocycles. The number of rotatable bonds is 2. The fraction of sp³-hybridized carbons (Fsp3) is 0.286. The second kappa shape index (κ2) is 19.1. The summed E-state index contributed by atoms with van der Waals surface area (Å²) in [7, 11) is 0.500. The van der Waals surface area contributed by atoms with Crippen molar-refractivity contribution < 1.29 is 9.13 Å². The highest BCUT2D eigenvalue weighted by molar-refractivity contribution is 5.32. The van der Waals surface area contributed by atoms with Gasteiger partial charge in [-0.15, -0.1) is 13.2 Å². The summed E-state index contributed by atoms with van der Waals surface area (Å²) in [4.78, 5) is 0. The Hall–Kier alpha value is -1.57. The van der Waals surface area contributed by atoms with Gasteiger partial charge in [-0.3, -0.25) is 4.39 Å². The van der Waals surface area contributed by atoms with Gasteiger partial charge >= 0.3 is 0 Å². The van der Waals surface area contributed by atoms with Gasteiger partial charge in [-0.05, 0) is 18.6 Å². The number of ether oxygens (including phenoxy) is 1. The minimum atomic E-state index is 0.500. The number of hydrogen-bond acceptors (Lipinski definition) is 1. The van der Waals surface area contributed by atoms with Crippen LogP contribution in [0.1, 0.15) is 19.4 Å². The van der Waals surface area contributed by atoms with Crippen LogP contribution in [-0.2, 0) is 0 Å². The zero-order chi connectivity index (χ0) is 13.4. The van der Waals surface area contributed by atoms with Crippen LogP contribution in [-0.4, -0.2) is 7.18 Å². The van der Waals surface area contributed by atoms with Crippen molar-refractivity contribution in [3.63, 3.8) is 0 Å². The van der Waals surface area contributed by atoms with E-state index in [4.69, 9.17) is 4.74 Å². The topological polar surface area (TPSA) is 9.23 Å². The van der Waals surface area contributed by atoms with E-state index >= 15 is 0 Å². The highest BCUT2D eigenvalue weighted by Gasteiger charge is 1.92. The molecular formula is C14H23FO. The lowest BCUT2D eigenvalue weighted by atomic mass is 10.2. The minimum absolute atomic E-state index is 0.500. The Morgan fingerprint density at radius 3 is 1.94 bits per heavy atom. The molecule has 0 fully saturated rings. The van der Waals surface area contributed by atoms with Crippen LogP contribution in [0, 0.1) is 6.92 Å². The first-order chi connectivity index (χ1) is 7.84. The highest BCUT2D eigenvalue weighted by Crippen LogP contribution is 2.15. The van der Waals surface area contributed by atoms with Crippen molar-refractivity contribution in [2.75, 3.05) is 7.18 Å². The average molecular weight is 226 g/mol. The van der Waals surface area contributed by atoms with Gasteiger partial charge in [0.1, 0.15) is 5.75 Å². The third-order valence-electron chi connectivity index (χ3n) is 1.30. The molecule has 0 heterocycles.